The first kappa shape index (κ1) is 20.9. The number of unbranched alkanes of at least 4 members (excludes halogenated alkanes) is 7. The second-order valence-electron chi connectivity index (χ2n) is 7.06. The average Bonchev–Trinajstić information content (AvgIpc) is 2.97. The minimum atomic E-state index is 0.0335. The van der Waals surface area contributed by atoms with Crippen LogP contribution in [0.2, 0.25) is 0 Å². The Balaban J connectivity index is 2.38. The number of nitrogens with zero attached hydrogens (tertiary/aromatic N) is 2. The lowest BCUT2D eigenvalue weighted by molar-refractivity contribution is -0.953. The molecule has 3 unspecified atom stereocenters. The predicted octanol–water partition coefficient (Wildman–Crippen LogP) is 4.41. The molecule has 0 spiro atoms. The van der Waals surface area contributed by atoms with Gasteiger partial charge in [0.25, 0.3) is 0 Å². The van der Waals surface area contributed by atoms with E-state index in [-0.39, 0.29) is 18.2 Å². The monoisotopic (exact) mass is 336 g/mol. The van der Waals surface area contributed by atoms with Crippen molar-refractivity contribution in [2.24, 2.45) is 4.99 Å². The number of carbonyl (C=O) groups excluding carboxylic acids is 1. The fourth-order valence-corrected chi connectivity index (χ4v) is 3.61. The van der Waals surface area contributed by atoms with Gasteiger partial charge in [0.05, 0.1) is 12.8 Å². The van der Waals surface area contributed by atoms with Crippen LogP contribution in [0.1, 0.15) is 79.1 Å². The molecule has 138 valence electrons. The van der Waals surface area contributed by atoms with E-state index >= 15 is 0 Å². The van der Waals surface area contributed by atoms with Gasteiger partial charge in [0.2, 0.25) is 12.1 Å². The van der Waals surface area contributed by atoms with E-state index in [4.69, 9.17) is 0 Å². The molecular weight excluding hydrogens is 298 g/mol. The molecule has 0 radical (unpaired) electrons. The minimum Gasteiger partial charge on any atom is -0.307 e. The molecule has 0 bridgehead atoms. The van der Waals surface area contributed by atoms with Crippen LogP contribution < -0.4 is 5.32 Å². The standard InChI is InChI=1S/C20H37N3O/c1-5-7-8-9-10-11-12-13-14-15-20-21-16-17-23(20,6-2)18(3)22-19(4)24/h14-16,18,20H,5-13,17H2,1-4H3/p+1/b15-14+. The number of hydrogen-bond acceptors (Lipinski definition) is 2. The summed E-state index contributed by atoms with van der Waals surface area (Å²) in [6.45, 7) is 9.99. The van der Waals surface area contributed by atoms with Crippen molar-refractivity contribution in [1.82, 2.24) is 5.32 Å². The molecule has 4 nitrogen and oxygen atoms in total. The Morgan fingerprint density at radius 3 is 2.54 bits per heavy atom. The van der Waals surface area contributed by atoms with E-state index in [9.17, 15) is 4.79 Å². The summed E-state index contributed by atoms with van der Waals surface area (Å²) in [4.78, 5) is 16.1. The molecular formula is C20H38N3O+. The van der Waals surface area contributed by atoms with Crippen LogP contribution in [0.5, 0.6) is 0 Å². The SMILES string of the molecule is CCCCCCCCC/C=C/C1N=CC[N+]1(CC)C(C)NC(C)=O. The van der Waals surface area contributed by atoms with Crippen molar-refractivity contribution in [3.8, 4) is 0 Å². The van der Waals surface area contributed by atoms with E-state index in [0.29, 0.717) is 0 Å². The highest BCUT2D eigenvalue weighted by Gasteiger charge is 2.41. The van der Waals surface area contributed by atoms with E-state index in [2.05, 4.69) is 43.2 Å². The molecule has 4 heteroatoms. The lowest BCUT2D eigenvalue weighted by Gasteiger charge is -2.41. The molecule has 0 fully saturated rings. The zero-order valence-corrected chi connectivity index (χ0v) is 16.3. The molecule has 1 aliphatic heterocycles. The van der Waals surface area contributed by atoms with Gasteiger partial charge in [0, 0.05) is 13.8 Å². The fourth-order valence-electron chi connectivity index (χ4n) is 3.61. The summed E-state index contributed by atoms with van der Waals surface area (Å²) >= 11 is 0. The van der Waals surface area contributed by atoms with Crippen LogP contribution in [0.3, 0.4) is 0 Å². The molecule has 3 atom stereocenters. The number of quaternary nitrogens is 1. The van der Waals surface area contributed by atoms with E-state index < -0.39 is 0 Å². The second kappa shape index (κ2) is 11.4. The lowest BCUT2D eigenvalue weighted by Crippen LogP contribution is -2.63. The predicted molar refractivity (Wildman–Crippen MR) is 103 cm³/mol. The Bertz CT molecular complexity index is 419. The van der Waals surface area contributed by atoms with Gasteiger partial charge in [-0.3, -0.25) is 9.28 Å². The quantitative estimate of drug-likeness (QED) is 0.320. The third kappa shape index (κ3) is 6.39. The smallest absolute Gasteiger partial charge is 0.221 e. The van der Waals surface area contributed by atoms with Crippen LogP contribution in [0.15, 0.2) is 17.1 Å². The van der Waals surface area contributed by atoms with Crippen LogP contribution in [-0.2, 0) is 4.79 Å². The van der Waals surface area contributed by atoms with Crippen molar-refractivity contribution in [3.05, 3.63) is 12.2 Å². The van der Waals surface area contributed by atoms with Gasteiger partial charge >= 0.3 is 0 Å². The summed E-state index contributed by atoms with van der Waals surface area (Å²) in [5, 5.41) is 3.06. The second-order valence-corrected chi connectivity index (χ2v) is 7.06. The van der Waals surface area contributed by atoms with Crippen molar-refractivity contribution in [1.29, 1.82) is 0 Å². The fraction of sp³-hybridized carbons (Fsp3) is 0.800. The Kier molecular flexibility index (Phi) is 9.92. The Hall–Kier alpha value is -1.16. The summed E-state index contributed by atoms with van der Waals surface area (Å²) in [6, 6.07) is 0. The van der Waals surface area contributed by atoms with Gasteiger partial charge in [-0.1, -0.05) is 51.5 Å². The number of nitrogens with one attached hydrogen (secondary N) is 1. The molecule has 0 aliphatic carbocycles. The van der Waals surface area contributed by atoms with Crippen LogP contribution in [0, 0.1) is 0 Å². The molecule has 1 amide bonds. The van der Waals surface area contributed by atoms with Gasteiger partial charge in [-0.05, 0) is 25.8 Å². The minimum absolute atomic E-state index is 0.0335. The zero-order chi connectivity index (χ0) is 17.8. The van der Waals surface area contributed by atoms with Crippen molar-refractivity contribution in [2.75, 3.05) is 13.1 Å². The molecule has 1 N–H and O–H groups in total. The summed E-state index contributed by atoms with van der Waals surface area (Å²) in [6.07, 6.45) is 17.4. The molecule has 0 saturated heterocycles. The maximum Gasteiger partial charge on any atom is 0.221 e. The molecule has 24 heavy (non-hydrogen) atoms. The Labute approximate surface area is 149 Å². The average molecular weight is 337 g/mol. The third-order valence-electron chi connectivity index (χ3n) is 5.26. The van der Waals surface area contributed by atoms with Crippen molar-refractivity contribution < 1.29 is 9.28 Å². The molecule has 1 rings (SSSR count). The third-order valence-corrected chi connectivity index (χ3v) is 5.26. The normalized spacial score (nSPS) is 24.6. The number of hydrogen-bond donors (Lipinski definition) is 1. The van der Waals surface area contributed by atoms with Gasteiger partial charge in [-0.2, -0.15) is 0 Å². The largest absolute Gasteiger partial charge is 0.307 e. The Morgan fingerprint density at radius 2 is 1.92 bits per heavy atom. The number of allylic oxidation sites excluding steroid dienone is 1. The van der Waals surface area contributed by atoms with Crippen LogP contribution in [-0.4, -0.2) is 42.0 Å². The number of carbonyl (C=O) groups is 1. The van der Waals surface area contributed by atoms with Crippen molar-refractivity contribution in [3.63, 3.8) is 0 Å². The summed E-state index contributed by atoms with van der Waals surface area (Å²) in [7, 11) is 0. The first-order valence-electron chi connectivity index (χ1n) is 9.88. The van der Waals surface area contributed by atoms with E-state index in [1.807, 2.05) is 6.21 Å². The number of likely N-dealkylation sites (N-methyl/N-ethyl adjacent to an activating group) is 1. The van der Waals surface area contributed by atoms with E-state index in [1.165, 1.54) is 44.9 Å². The maximum atomic E-state index is 11.4. The van der Waals surface area contributed by atoms with E-state index in [0.717, 1.165) is 24.0 Å². The molecule has 0 aromatic carbocycles. The van der Waals surface area contributed by atoms with Gasteiger partial charge < -0.3 is 5.32 Å². The van der Waals surface area contributed by atoms with E-state index in [1.54, 1.807) is 6.92 Å². The lowest BCUT2D eigenvalue weighted by atomic mass is 10.1. The summed E-state index contributed by atoms with van der Waals surface area (Å²) in [5.74, 6) is 0.0335. The topological polar surface area (TPSA) is 41.5 Å². The van der Waals surface area contributed by atoms with Crippen LogP contribution >= 0.6 is 0 Å². The highest BCUT2D eigenvalue weighted by atomic mass is 16.1. The number of amides is 1. The van der Waals surface area contributed by atoms with Gasteiger partial charge in [0.15, 0.2) is 6.17 Å². The van der Waals surface area contributed by atoms with Gasteiger partial charge in [0.1, 0.15) is 6.54 Å². The molecule has 0 aromatic heterocycles. The number of rotatable bonds is 12. The molecule has 0 aromatic rings. The van der Waals surface area contributed by atoms with Crippen LogP contribution in [0.25, 0.3) is 0 Å². The number of aliphatic imine (C=N–C) groups is 1. The van der Waals surface area contributed by atoms with Crippen molar-refractivity contribution >= 4 is 12.1 Å². The molecule has 1 aliphatic rings. The zero-order valence-electron chi connectivity index (χ0n) is 16.3. The molecule has 1 heterocycles. The summed E-state index contributed by atoms with van der Waals surface area (Å²) in [5.41, 5.74) is 0. The summed E-state index contributed by atoms with van der Waals surface area (Å²) < 4.78 is 0.799. The highest BCUT2D eigenvalue weighted by Crippen LogP contribution is 2.24. The molecule has 0 saturated carbocycles. The first-order valence-corrected chi connectivity index (χ1v) is 9.88. The van der Waals surface area contributed by atoms with Gasteiger partial charge in [-0.25, -0.2) is 4.99 Å². The maximum absolute atomic E-state index is 11.4. The first-order chi connectivity index (χ1) is 11.6. The van der Waals surface area contributed by atoms with Crippen LogP contribution in [0.4, 0.5) is 0 Å². The van der Waals surface area contributed by atoms with Crippen molar-refractivity contribution in [2.45, 2.75) is 91.4 Å². The Morgan fingerprint density at radius 1 is 1.25 bits per heavy atom. The van der Waals surface area contributed by atoms with Gasteiger partial charge in [-0.15, -0.1) is 0 Å². The highest BCUT2D eigenvalue weighted by molar-refractivity contribution is 5.73.